The summed E-state index contributed by atoms with van der Waals surface area (Å²) in [6, 6.07) is 11.6. The van der Waals surface area contributed by atoms with E-state index in [2.05, 4.69) is 6.92 Å². The van der Waals surface area contributed by atoms with Crippen LogP contribution in [0.1, 0.15) is 25.3 Å². The normalized spacial score (nSPS) is 13.4. The molecule has 1 aliphatic heterocycles. The van der Waals surface area contributed by atoms with Gasteiger partial charge in [-0.15, -0.1) is 0 Å². The molecule has 0 fully saturated rings. The average Bonchev–Trinajstić information content (AvgIpc) is 2.82. The number of rotatable bonds is 5. The van der Waals surface area contributed by atoms with Gasteiger partial charge in [-0.05, 0) is 54.4 Å². The smallest absolute Gasteiger partial charge is 0.231 e. The molecule has 0 radical (unpaired) electrons. The number of unbranched alkanes of at least 4 members (excludes halogenated alkanes) is 1. The van der Waals surface area contributed by atoms with Crippen molar-refractivity contribution in [2.45, 2.75) is 26.2 Å². The van der Waals surface area contributed by atoms with Crippen molar-refractivity contribution in [1.82, 2.24) is 0 Å². The maximum Gasteiger partial charge on any atom is 0.231 e. The van der Waals surface area contributed by atoms with Crippen LogP contribution in [-0.4, -0.2) is 12.5 Å². The van der Waals surface area contributed by atoms with Crippen molar-refractivity contribution in [3.8, 4) is 11.5 Å². The number of carbonyl (C=O) groups is 1. The van der Waals surface area contributed by atoms with E-state index in [-0.39, 0.29) is 11.7 Å². The summed E-state index contributed by atoms with van der Waals surface area (Å²) in [5.74, 6) is 1.09. The molecule has 3 nitrogen and oxygen atoms in total. The molecule has 0 saturated heterocycles. The number of hydrogen-bond acceptors (Lipinski definition) is 2. The number of fused-ring (bicyclic) bond motifs is 1. The highest BCUT2D eigenvalue weighted by molar-refractivity contribution is 6.01. The minimum Gasteiger partial charge on any atom is -0.457 e. The van der Waals surface area contributed by atoms with Crippen molar-refractivity contribution in [2.75, 3.05) is 11.4 Å². The van der Waals surface area contributed by atoms with Gasteiger partial charge in [0.1, 0.15) is 17.3 Å². The number of amides is 1. The Morgan fingerprint density at radius 2 is 1.86 bits per heavy atom. The summed E-state index contributed by atoms with van der Waals surface area (Å²) in [6.07, 6.45) is 2.48. The molecule has 0 N–H and O–H groups in total. The third-order valence-corrected chi connectivity index (χ3v) is 3.77. The maximum atomic E-state index is 12.9. The van der Waals surface area contributed by atoms with Gasteiger partial charge in [0.25, 0.3) is 0 Å². The summed E-state index contributed by atoms with van der Waals surface area (Å²) in [6.45, 7) is 2.88. The lowest BCUT2D eigenvalue weighted by atomic mass is 10.1. The summed E-state index contributed by atoms with van der Waals surface area (Å²) >= 11 is 0. The van der Waals surface area contributed by atoms with Crippen molar-refractivity contribution in [3.63, 3.8) is 0 Å². The number of halogens is 1. The predicted molar refractivity (Wildman–Crippen MR) is 83.9 cm³/mol. The second-order valence-electron chi connectivity index (χ2n) is 5.42. The lowest BCUT2D eigenvalue weighted by Crippen LogP contribution is -2.27. The van der Waals surface area contributed by atoms with Crippen molar-refractivity contribution < 1.29 is 13.9 Å². The average molecular weight is 299 g/mol. The van der Waals surface area contributed by atoms with Gasteiger partial charge in [-0.2, -0.15) is 0 Å². The van der Waals surface area contributed by atoms with E-state index in [0.717, 1.165) is 30.6 Å². The van der Waals surface area contributed by atoms with Crippen LogP contribution in [-0.2, 0) is 11.2 Å². The van der Waals surface area contributed by atoms with Gasteiger partial charge in [0.15, 0.2) is 0 Å². The number of ether oxygens (including phenoxy) is 1. The molecule has 0 bridgehead atoms. The quantitative estimate of drug-likeness (QED) is 0.823. The first-order chi connectivity index (χ1) is 10.7. The number of nitrogens with zero attached hydrogens (tertiary/aromatic N) is 1. The Balaban J connectivity index is 1.78. The van der Waals surface area contributed by atoms with E-state index in [1.807, 2.05) is 23.1 Å². The molecule has 114 valence electrons. The zero-order valence-electron chi connectivity index (χ0n) is 12.5. The van der Waals surface area contributed by atoms with Gasteiger partial charge in [0, 0.05) is 12.2 Å². The highest BCUT2D eigenvalue weighted by Gasteiger charge is 2.26. The van der Waals surface area contributed by atoms with Crippen molar-refractivity contribution in [3.05, 3.63) is 53.8 Å². The molecule has 2 aromatic carbocycles. The van der Waals surface area contributed by atoms with E-state index >= 15 is 0 Å². The number of carbonyl (C=O) groups excluding carboxylic acids is 1. The summed E-state index contributed by atoms with van der Waals surface area (Å²) < 4.78 is 18.6. The fourth-order valence-corrected chi connectivity index (χ4v) is 2.62. The van der Waals surface area contributed by atoms with E-state index in [4.69, 9.17) is 4.74 Å². The molecule has 22 heavy (non-hydrogen) atoms. The molecule has 4 heteroatoms. The predicted octanol–water partition coefficient (Wildman–Crippen LogP) is 4.31. The lowest BCUT2D eigenvalue weighted by molar-refractivity contribution is -0.117. The summed E-state index contributed by atoms with van der Waals surface area (Å²) in [7, 11) is 0. The zero-order chi connectivity index (χ0) is 15.5. The minimum atomic E-state index is -0.293. The molecule has 0 unspecified atom stereocenters. The Kier molecular flexibility index (Phi) is 4.09. The monoisotopic (exact) mass is 299 g/mol. The Morgan fingerprint density at radius 3 is 2.59 bits per heavy atom. The molecule has 0 aromatic heterocycles. The third kappa shape index (κ3) is 2.96. The first kappa shape index (κ1) is 14.6. The molecule has 0 spiro atoms. The second-order valence-corrected chi connectivity index (χ2v) is 5.42. The molecule has 1 aliphatic rings. The molecule has 0 atom stereocenters. The third-order valence-electron chi connectivity index (χ3n) is 3.77. The van der Waals surface area contributed by atoms with E-state index < -0.39 is 0 Å². The van der Waals surface area contributed by atoms with E-state index in [1.54, 1.807) is 12.1 Å². The highest BCUT2D eigenvalue weighted by atomic mass is 19.1. The molecular formula is C18H18FNO2. The fourth-order valence-electron chi connectivity index (χ4n) is 2.62. The topological polar surface area (TPSA) is 29.5 Å². The van der Waals surface area contributed by atoms with E-state index in [0.29, 0.717) is 17.9 Å². The summed E-state index contributed by atoms with van der Waals surface area (Å²) in [5.41, 5.74) is 1.96. The standard InChI is InChI=1S/C18H18FNO2/c1-2-3-10-20-17-9-8-16(11-13(17)12-18(20)21)22-15-6-4-14(19)5-7-15/h4-9,11H,2-3,10,12H2,1H3. The summed E-state index contributed by atoms with van der Waals surface area (Å²) in [5, 5.41) is 0. The van der Waals surface area contributed by atoms with Crippen molar-refractivity contribution in [1.29, 1.82) is 0 Å². The second kappa shape index (κ2) is 6.18. The number of anilines is 1. The van der Waals surface area contributed by atoms with Gasteiger partial charge >= 0.3 is 0 Å². The first-order valence-electron chi connectivity index (χ1n) is 7.54. The Hall–Kier alpha value is -2.36. The molecule has 3 rings (SSSR count). The lowest BCUT2D eigenvalue weighted by Gasteiger charge is -2.17. The van der Waals surface area contributed by atoms with Crippen LogP contribution in [0.5, 0.6) is 11.5 Å². The van der Waals surface area contributed by atoms with Gasteiger partial charge in [-0.25, -0.2) is 4.39 Å². The first-order valence-corrected chi connectivity index (χ1v) is 7.54. The molecule has 2 aromatic rings. The Bertz CT molecular complexity index is 682. The van der Waals surface area contributed by atoms with Gasteiger partial charge in [0.2, 0.25) is 5.91 Å². The van der Waals surface area contributed by atoms with E-state index in [9.17, 15) is 9.18 Å². The molecule has 1 heterocycles. The molecular weight excluding hydrogens is 281 g/mol. The fraction of sp³-hybridized carbons (Fsp3) is 0.278. The van der Waals surface area contributed by atoms with Gasteiger partial charge in [-0.3, -0.25) is 4.79 Å². The van der Waals surface area contributed by atoms with Crippen LogP contribution in [0, 0.1) is 5.82 Å². The maximum absolute atomic E-state index is 12.9. The minimum absolute atomic E-state index is 0.141. The number of benzene rings is 2. The Labute approximate surface area is 129 Å². The van der Waals surface area contributed by atoms with Crippen LogP contribution >= 0.6 is 0 Å². The van der Waals surface area contributed by atoms with Gasteiger partial charge < -0.3 is 9.64 Å². The van der Waals surface area contributed by atoms with Crippen molar-refractivity contribution >= 4 is 11.6 Å². The van der Waals surface area contributed by atoms with Crippen LogP contribution in [0.3, 0.4) is 0 Å². The molecule has 0 aliphatic carbocycles. The molecule has 0 saturated carbocycles. The van der Waals surface area contributed by atoms with Crippen molar-refractivity contribution in [2.24, 2.45) is 0 Å². The summed E-state index contributed by atoms with van der Waals surface area (Å²) in [4.78, 5) is 13.9. The van der Waals surface area contributed by atoms with Gasteiger partial charge in [0.05, 0.1) is 6.42 Å². The highest BCUT2D eigenvalue weighted by Crippen LogP contribution is 2.33. The zero-order valence-corrected chi connectivity index (χ0v) is 12.5. The van der Waals surface area contributed by atoms with Crippen LogP contribution in [0.15, 0.2) is 42.5 Å². The SMILES string of the molecule is CCCCN1C(=O)Cc2cc(Oc3ccc(F)cc3)ccc21. The largest absolute Gasteiger partial charge is 0.457 e. The van der Waals surface area contributed by atoms with Crippen LogP contribution < -0.4 is 9.64 Å². The van der Waals surface area contributed by atoms with Gasteiger partial charge in [-0.1, -0.05) is 13.3 Å². The van der Waals surface area contributed by atoms with E-state index in [1.165, 1.54) is 12.1 Å². The van der Waals surface area contributed by atoms with Crippen LogP contribution in [0.2, 0.25) is 0 Å². The van der Waals surface area contributed by atoms with Crippen LogP contribution in [0.4, 0.5) is 10.1 Å². The van der Waals surface area contributed by atoms with Crippen LogP contribution in [0.25, 0.3) is 0 Å². The Morgan fingerprint density at radius 1 is 1.14 bits per heavy atom. The number of hydrogen-bond donors (Lipinski definition) is 0. The molecule has 1 amide bonds.